The number of aromatic amines is 1. The largest absolute Gasteiger partial charge is 0.357 e. The zero-order valence-electron chi connectivity index (χ0n) is 14.0. The third kappa shape index (κ3) is 4.22. The van der Waals surface area contributed by atoms with Crippen LogP contribution in [0.4, 0.5) is 8.78 Å². The molecule has 1 aromatic heterocycles. The molecule has 3 rings (SSSR count). The van der Waals surface area contributed by atoms with Crippen molar-refractivity contribution in [1.82, 2.24) is 10.3 Å². The summed E-state index contributed by atoms with van der Waals surface area (Å²) in [6.07, 6.45) is 0. The second-order valence-electron chi connectivity index (χ2n) is 5.15. The van der Waals surface area contributed by atoms with Gasteiger partial charge in [0, 0.05) is 27.1 Å². The van der Waals surface area contributed by atoms with E-state index in [0.29, 0.717) is 12.1 Å². The van der Waals surface area contributed by atoms with E-state index in [9.17, 15) is 8.78 Å². The maximum absolute atomic E-state index is 13.5. The lowest BCUT2D eigenvalue weighted by Gasteiger charge is -2.17. The predicted octanol–water partition coefficient (Wildman–Crippen LogP) is 5.93. The van der Waals surface area contributed by atoms with Crippen molar-refractivity contribution in [3.8, 4) is 0 Å². The Hall–Kier alpha value is -1.72. The number of H-pyrrole nitrogens is 1. The van der Waals surface area contributed by atoms with Crippen molar-refractivity contribution in [2.24, 2.45) is 0 Å². The normalized spacial score (nSPS) is 11.9. The first-order chi connectivity index (χ1) is 11.6. The van der Waals surface area contributed by atoms with E-state index >= 15 is 0 Å². The number of halogens is 3. The molecule has 128 valence electrons. The van der Waals surface area contributed by atoms with E-state index in [1.165, 1.54) is 12.1 Å². The lowest BCUT2D eigenvalue weighted by Crippen LogP contribution is -2.22. The van der Waals surface area contributed by atoms with Crippen LogP contribution in [0.3, 0.4) is 0 Å². The Morgan fingerprint density at radius 3 is 2.33 bits per heavy atom. The van der Waals surface area contributed by atoms with Crippen LogP contribution in [-0.4, -0.2) is 11.5 Å². The topological polar surface area (TPSA) is 27.8 Å². The average molecular weight is 395 g/mol. The van der Waals surface area contributed by atoms with Gasteiger partial charge in [-0.3, -0.25) is 0 Å². The minimum Gasteiger partial charge on any atom is -0.357 e. The van der Waals surface area contributed by atoms with Crippen LogP contribution in [0.15, 0.2) is 46.9 Å². The molecule has 0 saturated heterocycles. The van der Waals surface area contributed by atoms with Crippen molar-refractivity contribution < 1.29 is 8.78 Å². The first kappa shape index (κ1) is 18.6. The molecule has 1 heterocycles. The molecule has 0 aliphatic heterocycles. The van der Waals surface area contributed by atoms with Gasteiger partial charge in [-0.25, -0.2) is 8.78 Å². The molecule has 2 N–H and O–H groups in total. The van der Waals surface area contributed by atoms with Gasteiger partial charge in [0.15, 0.2) is 0 Å². The standard InChI is InChI=1S/C17H15BrF2N2.C2H6/c1-2-21-17(11-6-13(19)9-14(20)7-11)16-8-10-5-12(18)3-4-15(10)22-16;1-2/h3-9,17,21-22H,2H2,1H3;1-2H3. The summed E-state index contributed by atoms with van der Waals surface area (Å²) in [5.74, 6) is -1.14. The van der Waals surface area contributed by atoms with E-state index in [4.69, 9.17) is 0 Å². The first-order valence-electron chi connectivity index (χ1n) is 8.04. The van der Waals surface area contributed by atoms with E-state index in [-0.39, 0.29) is 6.04 Å². The monoisotopic (exact) mass is 394 g/mol. The fourth-order valence-corrected chi connectivity index (χ4v) is 3.01. The van der Waals surface area contributed by atoms with Gasteiger partial charge in [0.05, 0.1) is 6.04 Å². The van der Waals surface area contributed by atoms with E-state index in [1.807, 2.05) is 45.0 Å². The second kappa shape index (κ2) is 8.40. The molecule has 0 amide bonds. The summed E-state index contributed by atoms with van der Waals surface area (Å²) in [7, 11) is 0. The molecule has 2 aromatic carbocycles. The maximum Gasteiger partial charge on any atom is 0.126 e. The predicted molar refractivity (Wildman–Crippen MR) is 99.2 cm³/mol. The zero-order chi connectivity index (χ0) is 17.7. The summed E-state index contributed by atoms with van der Waals surface area (Å²) in [5.41, 5.74) is 2.42. The summed E-state index contributed by atoms with van der Waals surface area (Å²) < 4.78 is 28.0. The molecule has 0 saturated carbocycles. The van der Waals surface area contributed by atoms with Gasteiger partial charge in [-0.1, -0.05) is 36.7 Å². The quantitative estimate of drug-likeness (QED) is 0.563. The zero-order valence-corrected chi connectivity index (χ0v) is 15.5. The average Bonchev–Trinajstić information content (AvgIpc) is 2.96. The molecule has 0 fully saturated rings. The third-order valence-electron chi connectivity index (χ3n) is 3.54. The maximum atomic E-state index is 13.5. The van der Waals surface area contributed by atoms with Crippen molar-refractivity contribution in [2.45, 2.75) is 26.8 Å². The third-order valence-corrected chi connectivity index (χ3v) is 4.03. The minimum atomic E-state index is -0.572. The van der Waals surface area contributed by atoms with E-state index in [1.54, 1.807) is 0 Å². The minimum absolute atomic E-state index is 0.290. The van der Waals surface area contributed by atoms with E-state index < -0.39 is 11.6 Å². The van der Waals surface area contributed by atoms with Gasteiger partial charge in [0.1, 0.15) is 11.6 Å². The van der Waals surface area contributed by atoms with Gasteiger partial charge in [0.2, 0.25) is 0 Å². The van der Waals surface area contributed by atoms with Crippen LogP contribution >= 0.6 is 15.9 Å². The summed E-state index contributed by atoms with van der Waals surface area (Å²) in [6, 6.07) is 11.2. The number of fused-ring (bicyclic) bond motifs is 1. The number of nitrogens with one attached hydrogen (secondary N) is 2. The number of hydrogen-bond donors (Lipinski definition) is 2. The Morgan fingerprint density at radius 2 is 1.71 bits per heavy atom. The van der Waals surface area contributed by atoms with Gasteiger partial charge >= 0.3 is 0 Å². The van der Waals surface area contributed by atoms with Crippen LogP contribution in [-0.2, 0) is 0 Å². The molecular weight excluding hydrogens is 374 g/mol. The fraction of sp³-hybridized carbons (Fsp3) is 0.263. The van der Waals surface area contributed by atoms with Crippen molar-refractivity contribution in [3.63, 3.8) is 0 Å². The van der Waals surface area contributed by atoms with Crippen LogP contribution in [0, 0.1) is 11.6 Å². The van der Waals surface area contributed by atoms with Crippen molar-refractivity contribution >= 4 is 26.8 Å². The summed E-state index contributed by atoms with van der Waals surface area (Å²) in [4.78, 5) is 3.32. The van der Waals surface area contributed by atoms with Gasteiger partial charge < -0.3 is 10.3 Å². The van der Waals surface area contributed by atoms with Crippen molar-refractivity contribution in [1.29, 1.82) is 0 Å². The fourth-order valence-electron chi connectivity index (χ4n) is 2.63. The highest BCUT2D eigenvalue weighted by atomic mass is 79.9. The first-order valence-corrected chi connectivity index (χ1v) is 8.83. The van der Waals surface area contributed by atoms with Crippen LogP contribution in [0.2, 0.25) is 0 Å². The number of aromatic nitrogens is 1. The number of benzene rings is 2. The smallest absolute Gasteiger partial charge is 0.126 e. The lowest BCUT2D eigenvalue weighted by molar-refractivity contribution is 0.563. The second-order valence-corrected chi connectivity index (χ2v) is 6.07. The van der Waals surface area contributed by atoms with Gasteiger partial charge in [-0.2, -0.15) is 0 Å². The van der Waals surface area contributed by atoms with Crippen molar-refractivity contribution in [3.05, 3.63) is 69.8 Å². The molecule has 24 heavy (non-hydrogen) atoms. The van der Waals surface area contributed by atoms with Crippen LogP contribution in [0.25, 0.3) is 10.9 Å². The Labute approximate surface area is 149 Å². The Bertz CT molecular complexity index is 794. The highest BCUT2D eigenvalue weighted by Gasteiger charge is 2.17. The molecular formula is C19H21BrF2N2. The molecule has 1 atom stereocenters. The van der Waals surface area contributed by atoms with Gasteiger partial charge in [0.25, 0.3) is 0 Å². The van der Waals surface area contributed by atoms with Gasteiger partial charge in [-0.05, 0) is 48.5 Å². The lowest BCUT2D eigenvalue weighted by atomic mass is 10.0. The van der Waals surface area contributed by atoms with Crippen LogP contribution < -0.4 is 5.32 Å². The molecule has 0 bridgehead atoms. The van der Waals surface area contributed by atoms with E-state index in [0.717, 1.165) is 27.1 Å². The van der Waals surface area contributed by atoms with Crippen LogP contribution in [0.1, 0.15) is 38.1 Å². The van der Waals surface area contributed by atoms with Crippen LogP contribution in [0.5, 0.6) is 0 Å². The molecule has 0 aliphatic rings. The summed E-state index contributed by atoms with van der Waals surface area (Å²) in [6.45, 7) is 6.64. The molecule has 5 heteroatoms. The molecule has 2 nitrogen and oxygen atoms in total. The Morgan fingerprint density at radius 1 is 1.04 bits per heavy atom. The molecule has 3 aromatic rings. The molecule has 0 radical (unpaired) electrons. The number of hydrogen-bond acceptors (Lipinski definition) is 1. The Kier molecular flexibility index (Phi) is 6.52. The highest BCUT2D eigenvalue weighted by Crippen LogP contribution is 2.28. The highest BCUT2D eigenvalue weighted by molar-refractivity contribution is 9.10. The SMILES string of the molecule is CC.CCNC(c1cc(F)cc(F)c1)c1cc2cc(Br)ccc2[nH]1. The number of rotatable bonds is 4. The summed E-state index contributed by atoms with van der Waals surface area (Å²) in [5, 5.41) is 4.31. The molecule has 1 unspecified atom stereocenters. The molecule has 0 aliphatic carbocycles. The van der Waals surface area contributed by atoms with E-state index in [2.05, 4.69) is 26.2 Å². The van der Waals surface area contributed by atoms with Crippen molar-refractivity contribution in [2.75, 3.05) is 6.54 Å². The van der Waals surface area contributed by atoms with Gasteiger partial charge in [-0.15, -0.1) is 0 Å². The Balaban J connectivity index is 0.00000100. The molecule has 0 spiro atoms. The summed E-state index contributed by atoms with van der Waals surface area (Å²) >= 11 is 3.44.